The maximum absolute atomic E-state index is 12.1. The SMILES string of the molecule is CSC(C)CCCCC(=O)NC(C)(C)COC(C)(C)CCC(=O)O. The molecule has 1 atom stereocenters. The Morgan fingerprint density at radius 1 is 1.17 bits per heavy atom. The van der Waals surface area contributed by atoms with Crippen molar-refractivity contribution in [1.82, 2.24) is 5.32 Å². The summed E-state index contributed by atoms with van der Waals surface area (Å²) in [5.74, 6) is -0.779. The molecule has 0 saturated heterocycles. The van der Waals surface area contributed by atoms with E-state index in [0.717, 1.165) is 19.3 Å². The Bertz CT molecular complexity index is 396. The summed E-state index contributed by atoms with van der Waals surface area (Å²) in [7, 11) is 0. The molecule has 24 heavy (non-hydrogen) atoms. The Morgan fingerprint density at radius 2 is 1.79 bits per heavy atom. The van der Waals surface area contributed by atoms with Gasteiger partial charge in [0.15, 0.2) is 0 Å². The maximum Gasteiger partial charge on any atom is 0.303 e. The van der Waals surface area contributed by atoms with Crippen molar-refractivity contribution in [3.05, 3.63) is 0 Å². The molecule has 2 N–H and O–H groups in total. The normalized spacial score (nSPS) is 13.6. The van der Waals surface area contributed by atoms with Gasteiger partial charge in [-0.25, -0.2) is 0 Å². The molecule has 0 aliphatic heterocycles. The van der Waals surface area contributed by atoms with Crippen molar-refractivity contribution in [3.8, 4) is 0 Å². The van der Waals surface area contributed by atoms with E-state index in [4.69, 9.17) is 9.84 Å². The number of hydrogen-bond acceptors (Lipinski definition) is 4. The molecule has 0 aromatic heterocycles. The number of carboxylic acids is 1. The van der Waals surface area contributed by atoms with Crippen LogP contribution in [0.1, 0.15) is 73.1 Å². The van der Waals surface area contributed by atoms with Gasteiger partial charge in [-0.3, -0.25) is 9.59 Å². The summed E-state index contributed by atoms with van der Waals surface area (Å²) < 4.78 is 5.84. The van der Waals surface area contributed by atoms with Gasteiger partial charge in [0.1, 0.15) is 0 Å². The van der Waals surface area contributed by atoms with Gasteiger partial charge in [0, 0.05) is 18.1 Å². The molecule has 0 spiro atoms. The van der Waals surface area contributed by atoms with Crippen molar-refractivity contribution in [2.75, 3.05) is 12.9 Å². The highest BCUT2D eigenvalue weighted by atomic mass is 32.2. The lowest BCUT2D eigenvalue weighted by Gasteiger charge is -2.32. The smallest absolute Gasteiger partial charge is 0.303 e. The molecule has 0 rings (SSSR count). The first kappa shape index (κ1) is 23.2. The molecule has 0 heterocycles. The number of unbranched alkanes of at least 4 members (excludes halogenated alkanes) is 1. The number of aliphatic carboxylic acids is 1. The second-order valence-corrected chi connectivity index (χ2v) is 8.94. The van der Waals surface area contributed by atoms with Crippen LogP contribution in [-0.4, -0.2) is 46.2 Å². The molecule has 0 aliphatic carbocycles. The molecule has 0 aromatic rings. The van der Waals surface area contributed by atoms with E-state index < -0.39 is 17.1 Å². The molecule has 0 aromatic carbocycles. The first-order valence-electron chi connectivity index (χ1n) is 8.67. The third-order valence-electron chi connectivity index (χ3n) is 3.91. The monoisotopic (exact) mass is 361 g/mol. The van der Waals surface area contributed by atoms with Gasteiger partial charge >= 0.3 is 5.97 Å². The molecule has 0 radical (unpaired) electrons. The highest BCUT2D eigenvalue weighted by Gasteiger charge is 2.26. The van der Waals surface area contributed by atoms with Gasteiger partial charge in [0.25, 0.3) is 0 Å². The van der Waals surface area contributed by atoms with Crippen molar-refractivity contribution in [2.24, 2.45) is 0 Å². The predicted molar refractivity (Wildman–Crippen MR) is 101 cm³/mol. The van der Waals surface area contributed by atoms with Crippen LogP contribution in [0, 0.1) is 0 Å². The number of carboxylic acid groups (broad SMARTS) is 1. The average molecular weight is 362 g/mol. The Labute approximate surface area is 151 Å². The summed E-state index contributed by atoms with van der Waals surface area (Å²) in [4.78, 5) is 22.7. The fourth-order valence-corrected chi connectivity index (χ4v) is 2.57. The topological polar surface area (TPSA) is 75.6 Å². The van der Waals surface area contributed by atoms with Crippen LogP contribution in [0.15, 0.2) is 0 Å². The summed E-state index contributed by atoms with van der Waals surface area (Å²) in [6.45, 7) is 10.2. The standard InChI is InChI=1S/C18H35NO4S/c1-14(24-6)9-7-8-10-15(20)19-17(2,3)13-23-18(4,5)12-11-16(21)22/h14H,7-13H2,1-6H3,(H,19,20)(H,21,22). The minimum absolute atomic E-state index is 0.0451. The van der Waals surface area contributed by atoms with E-state index in [1.807, 2.05) is 39.5 Å². The van der Waals surface area contributed by atoms with Crippen LogP contribution in [-0.2, 0) is 14.3 Å². The summed E-state index contributed by atoms with van der Waals surface area (Å²) in [5, 5.41) is 12.4. The van der Waals surface area contributed by atoms with Crippen LogP contribution in [0.4, 0.5) is 0 Å². The van der Waals surface area contributed by atoms with Gasteiger partial charge in [-0.05, 0) is 53.2 Å². The predicted octanol–water partition coefficient (Wildman–Crippen LogP) is 3.85. The molecule has 1 unspecified atom stereocenters. The largest absolute Gasteiger partial charge is 0.481 e. The van der Waals surface area contributed by atoms with E-state index in [2.05, 4.69) is 18.5 Å². The van der Waals surface area contributed by atoms with Crippen molar-refractivity contribution in [1.29, 1.82) is 0 Å². The Kier molecular flexibility index (Phi) is 10.6. The number of carbonyl (C=O) groups excluding carboxylic acids is 1. The highest BCUT2D eigenvalue weighted by Crippen LogP contribution is 2.19. The van der Waals surface area contributed by atoms with Crippen LogP contribution in [0.25, 0.3) is 0 Å². The van der Waals surface area contributed by atoms with E-state index >= 15 is 0 Å². The van der Waals surface area contributed by atoms with Crippen molar-refractivity contribution < 1.29 is 19.4 Å². The van der Waals surface area contributed by atoms with Gasteiger partial charge in [0.2, 0.25) is 5.91 Å². The van der Waals surface area contributed by atoms with E-state index in [9.17, 15) is 9.59 Å². The van der Waals surface area contributed by atoms with Crippen molar-refractivity contribution in [2.45, 2.75) is 89.5 Å². The molecule has 6 heteroatoms. The minimum Gasteiger partial charge on any atom is -0.481 e. The van der Waals surface area contributed by atoms with E-state index in [0.29, 0.717) is 24.7 Å². The van der Waals surface area contributed by atoms with Crippen LogP contribution in [0.2, 0.25) is 0 Å². The van der Waals surface area contributed by atoms with Gasteiger partial charge in [0.05, 0.1) is 17.7 Å². The third kappa shape index (κ3) is 12.6. The molecule has 0 bridgehead atoms. The highest BCUT2D eigenvalue weighted by molar-refractivity contribution is 7.99. The van der Waals surface area contributed by atoms with Gasteiger partial charge in [-0.15, -0.1) is 0 Å². The number of hydrogen-bond donors (Lipinski definition) is 2. The number of amides is 1. The molecule has 142 valence electrons. The van der Waals surface area contributed by atoms with E-state index in [1.54, 1.807) is 0 Å². The quantitative estimate of drug-likeness (QED) is 0.487. The maximum atomic E-state index is 12.1. The Hall–Kier alpha value is -0.750. The molecular formula is C18H35NO4S. The zero-order chi connectivity index (χ0) is 18.8. The summed E-state index contributed by atoms with van der Waals surface area (Å²) in [5.41, 5.74) is -0.988. The van der Waals surface area contributed by atoms with Gasteiger partial charge in [-0.1, -0.05) is 13.3 Å². The van der Waals surface area contributed by atoms with Crippen LogP contribution < -0.4 is 5.32 Å². The number of rotatable bonds is 13. The lowest BCUT2D eigenvalue weighted by molar-refractivity contribution is -0.139. The van der Waals surface area contributed by atoms with Gasteiger partial charge < -0.3 is 15.2 Å². The number of carbonyl (C=O) groups is 2. The lowest BCUT2D eigenvalue weighted by Crippen LogP contribution is -2.48. The van der Waals surface area contributed by atoms with Crippen LogP contribution in [0.3, 0.4) is 0 Å². The second-order valence-electron chi connectivity index (χ2n) is 7.67. The average Bonchev–Trinajstić information content (AvgIpc) is 2.47. The Morgan fingerprint density at radius 3 is 2.33 bits per heavy atom. The van der Waals surface area contributed by atoms with Crippen molar-refractivity contribution >= 4 is 23.6 Å². The van der Waals surface area contributed by atoms with Crippen LogP contribution >= 0.6 is 11.8 Å². The van der Waals surface area contributed by atoms with Gasteiger partial charge in [-0.2, -0.15) is 11.8 Å². The molecule has 0 aliphatic rings. The van der Waals surface area contributed by atoms with Crippen LogP contribution in [0.5, 0.6) is 0 Å². The fourth-order valence-electron chi connectivity index (χ4n) is 2.17. The summed E-state index contributed by atoms with van der Waals surface area (Å²) in [6.07, 6.45) is 6.27. The van der Waals surface area contributed by atoms with Crippen molar-refractivity contribution in [3.63, 3.8) is 0 Å². The first-order valence-corrected chi connectivity index (χ1v) is 9.96. The second kappa shape index (κ2) is 11.0. The number of ether oxygens (including phenoxy) is 1. The van der Waals surface area contributed by atoms with E-state index in [-0.39, 0.29) is 12.3 Å². The number of nitrogens with one attached hydrogen (secondary N) is 1. The molecule has 0 saturated carbocycles. The fraction of sp³-hybridized carbons (Fsp3) is 0.889. The number of thioether (sulfide) groups is 1. The molecule has 5 nitrogen and oxygen atoms in total. The summed E-state index contributed by atoms with van der Waals surface area (Å²) in [6, 6.07) is 0. The lowest BCUT2D eigenvalue weighted by atomic mass is 10.0. The van der Waals surface area contributed by atoms with E-state index in [1.165, 1.54) is 0 Å². The zero-order valence-corrected chi connectivity index (χ0v) is 16.9. The molecular weight excluding hydrogens is 326 g/mol. The minimum atomic E-state index is -0.824. The molecule has 0 fully saturated rings. The first-order chi connectivity index (χ1) is 11.0. The Balaban J connectivity index is 4.10. The molecule has 1 amide bonds. The third-order valence-corrected chi connectivity index (χ3v) is 4.95. The summed E-state index contributed by atoms with van der Waals surface area (Å²) >= 11 is 1.85. The zero-order valence-electron chi connectivity index (χ0n) is 16.1.